The maximum absolute atomic E-state index is 13.0. The third-order valence-electron chi connectivity index (χ3n) is 3.46. The summed E-state index contributed by atoms with van der Waals surface area (Å²) in [6.45, 7) is 1.96. The maximum atomic E-state index is 13.0. The summed E-state index contributed by atoms with van der Waals surface area (Å²) in [5.41, 5.74) is -2.02. The molecule has 1 aromatic carbocycles. The fraction of sp³-hybridized carbons (Fsp3) is 0.538. The predicted molar refractivity (Wildman–Crippen MR) is 66.1 cm³/mol. The van der Waals surface area contributed by atoms with E-state index in [1.807, 2.05) is 6.92 Å². The Labute approximate surface area is 112 Å². The summed E-state index contributed by atoms with van der Waals surface area (Å²) in [4.78, 5) is 0. The second-order valence-electron chi connectivity index (χ2n) is 4.80. The van der Waals surface area contributed by atoms with Crippen LogP contribution < -0.4 is 0 Å². The molecule has 1 aliphatic rings. The van der Waals surface area contributed by atoms with Gasteiger partial charge in [-0.25, -0.2) is 0 Å². The number of hydrogen-bond acceptors (Lipinski definition) is 1. The second kappa shape index (κ2) is 4.53. The summed E-state index contributed by atoms with van der Waals surface area (Å²) in [6, 6.07) is 3.96. The van der Waals surface area contributed by atoms with Crippen LogP contribution in [0.3, 0.4) is 0 Å². The van der Waals surface area contributed by atoms with Crippen molar-refractivity contribution in [1.29, 1.82) is 0 Å². The molecule has 0 heterocycles. The summed E-state index contributed by atoms with van der Waals surface area (Å²) >= 11 is 3.04. The van der Waals surface area contributed by atoms with Gasteiger partial charge in [0.25, 0.3) is 0 Å². The van der Waals surface area contributed by atoms with Gasteiger partial charge < -0.3 is 5.11 Å². The SMILES string of the molecule is CCCC1CC1(O)c1ccc(Br)cc1C(F)(F)F. The van der Waals surface area contributed by atoms with Crippen molar-refractivity contribution in [3.63, 3.8) is 0 Å². The maximum Gasteiger partial charge on any atom is 0.416 e. The quantitative estimate of drug-likeness (QED) is 0.870. The fourth-order valence-corrected chi connectivity index (χ4v) is 2.83. The zero-order valence-corrected chi connectivity index (χ0v) is 11.5. The number of benzene rings is 1. The van der Waals surface area contributed by atoms with Crippen molar-refractivity contribution in [2.75, 3.05) is 0 Å². The van der Waals surface area contributed by atoms with Gasteiger partial charge in [-0.2, -0.15) is 13.2 Å². The van der Waals surface area contributed by atoms with Crippen LogP contribution >= 0.6 is 15.9 Å². The van der Waals surface area contributed by atoms with Crippen LogP contribution in [-0.2, 0) is 11.8 Å². The number of hydrogen-bond donors (Lipinski definition) is 1. The van der Waals surface area contributed by atoms with Gasteiger partial charge in [0.2, 0.25) is 0 Å². The predicted octanol–water partition coefficient (Wildman–Crippen LogP) is 4.48. The highest BCUT2D eigenvalue weighted by atomic mass is 79.9. The molecule has 0 bridgehead atoms. The van der Waals surface area contributed by atoms with Crippen LogP contribution in [-0.4, -0.2) is 5.11 Å². The first-order chi connectivity index (χ1) is 8.29. The minimum absolute atomic E-state index is 0.0108. The smallest absolute Gasteiger partial charge is 0.385 e. The van der Waals surface area contributed by atoms with E-state index in [1.54, 1.807) is 6.07 Å². The molecule has 100 valence electrons. The summed E-state index contributed by atoms with van der Waals surface area (Å²) in [7, 11) is 0. The lowest BCUT2D eigenvalue weighted by molar-refractivity contribution is -0.139. The molecule has 1 fully saturated rings. The van der Waals surface area contributed by atoms with Crippen LogP contribution in [0.25, 0.3) is 0 Å². The average molecular weight is 323 g/mol. The first kappa shape index (κ1) is 13.9. The lowest BCUT2D eigenvalue weighted by atomic mass is 9.97. The summed E-state index contributed by atoms with van der Waals surface area (Å²) in [5, 5.41) is 10.3. The van der Waals surface area contributed by atoms with E-state index in [9.17, 15) is 18.3 Å². The molecule has 1 nitrogen and oxygen atoms in total. The third-order valence-corrected chi connectivity index (χ3v) is 3.96. The molecule has 0 saturated heterocycles. The van der Waals surface area contributed by atoms with Crippen LogP contribution in [0.1, 0.15) is 37.3 Å². The number of alkyl halides is 3. The Kier molecular flexibility index (Phi) is 3.49. The Morgan fingerprint density at radius 3 is 2.67 bits per heavy atom. The van der Waals surface area contributed by atoms with Crippen molar-refractivity contribution in [2.24, 2.45) is 5.92 Å². The van der Waals surface area contributed by atoms with Crippen LogP contribution in [0.4, 0.5) is 13.2 Å². The minimum Gasteiger partial charge on any atom is -0.385 e. The molecular weight excluding hydrogens is 309 g/mol. The van der Waals surface area contributed by atoms with Crippen molar-refractivity contribution in [2.45, 2.75) is 38.0 Å². The van der Waals surface area contributed by atoms with Gasteiger partial charge in [-0.3, -0.25) is 0 Å². The molecule has 5 heteroatoms. The van der Waals surface area contributed by atoms with Gasteiger partial charge in [-0.05, 0) is 36.5 Å². The van der Waals surface area contributed by atoms with Gasteiger partial charge in [0.1, 0.15) is 0 Å². The van der Waals surface area contributed by atoms with E-state index in [1.165, 1.54) is 6.07 Å². The highest BCUT2D eigenvalue weighted by Gasteiger charge is 2.56. The zero-order valence-electron chi connectivity index (χ0n) is 9.89. The topological polar surface area (TPSA) is 20.2 Å². The molecular formula is C13H14BrF3O. The van der Waals surface area contributed by atoms with Crippen LogP contribution in [0.2, 0.25) is 0 Å². The first-order valence-electron chi connectivity index (χ1n) is 5.88. The average Bonchev–Trinajstić information content (AvgIpc) is 2.89. The zero-order chi connectivity index (χ0) is 13.6. The van der Waals surface area contributed by atoms with E-state index in [-0.39, 0.29) is 11.5 Å². The Hall–Kier alpha value is -0.550. The highest BCUT2D eigenvalue weighted by molar-refractivity contribution is 9.10. The monoisotopic (exact) mass is 322 g/mol. The van der Waals surface area contributed by atoms with Crippen molar-refractivity contribution < 1.29 is 18.3 Å². The van der Waals surface area contributed by atoms with Gasteiger partial charge in [-0.1, -0.05) is 35.3 Å². The van der Waals surface area contributed by atoms with Gasteiger partial charge in [-0.15, -0.1) is 0 Å². The molecule has 0 aromatic heterocycles. The molecule has 1 N–H and O–H groups in total. The molecule has 1 aliphatic carbocycles. The molecule has 1 saturated carbocycles. The summed E-state index contributed by atoms with van der Waals surface area (Å²) < 4.78 is 39.3. The number of halogens is 4. The van der Waals surface area contributed by atoms with Crippen LogP contribution in [0.5, 0.6) is 0 Å². The van der Waals surface area contributed by atoms with E-state index in [0.29, 0.717) is 10.9 Å². The number of aliphatic hydroxyl groups is 1. The van der Waals surface area contributed by atoms with Gasteiger partial charge in [0.05, 0.1) is 11.2 Å². The Morgan fingerprint density at radius 1 is 1.44 bits per heavy atom. The molecule has 0 spiro atoms. The molecule has 0 aliphatic heterocycles. The van der Waals surface area contributed by atoms with E-state index in [4.69, 9.17) is 0 Å². The number of rotatable bonds is 3. The van der Waals surface area contributed by atoms with Gasteiger partial charge in [0, 0.05) is 4.47 Å². The summed E-state index contributed by atoms with van der Waals surface area (Å²) in [5.74, 6) is -0.0511. The molecule has 2 rings (SSSR count). The van der Waals surface area contributed by atoms with Crippen LogP contribution in [0, 0.1) is 5.92 Å². The largest absolute Gasteiger partial charge is 0.416 e. The lowest BCUT2D eigenvalue weighted by Gasteiger charge is -2.18. The highest BCUT2D eigenvalue weighted by Crippen LogP contribution is 2.56. The molecule has 1 aromatic rings. The van der Waals surface area contributed by atoms with E-state index in [2.05, 4.69) is 15.9 Å². The summed E-state index contributed by atoms with van der Waals surface area (Å²) in [6.07, 6.45) is -2.39. The Morgan fingerprint density at radius 2 is 2.11 bits per heavy atom. The van der Waals surface area contributed by atoms with Crippen LogP contribution in [0.15, 0.2) is 22.7 Å². The second-order valence-corrected chi connectivity index (χ2v) is 5.72. The van der Waals surface area contributed by atoms with Gasteiger partial charge in [0.15, 0.2) is 0 Å². The molecule has 0 radical (unpaired) electrons. The van der Waals surface area contributed by atoms with E-state index < -0.39 is 17.3 Å². The fourth-order valence-electron chi connectivity index (χ4n) is 2.46. The van der Waals surface area contributed by atoms with E-state index >= 15 is 0 Å². The minimum atomic E-state index is -4.44. The molecule has 18 heavy (non-hydrogen) atoms. The van der Waals surface area contributed by atoms with Crippen molar-refractivity contribution >= 4 is 15.9 Å². The van der Waals surface area contributed by atoms with Gasteiger partial charge >= 0.3 is 6.18 Å². The Balaban J connectivity index is 2.40. The third kappa shape index (κ3) is 2.43. The Bertz CT molecular complexity index is 458. The van der Waals surface area contributed by atoms with Crippen molar-refractivity contribution in [1.82, 2.24) is 0 Å². The standard InChI is InChI=1S/C13H14BrF3O/c1-2-3-8-7-12(8,18)10-5-4-9(14)6-11(10)13(15,16)17/h4-6,8,18H,2-3,7H2,1H3. The van der Waals surface area contributed by atoms with E-state index in [0.717, 1.165) is 18.9 Å². The van der Waals surface area contributed by atoms with Crippen molar-refractivity contribution in [3.05, 3.63) is 33.8 Å². The lowest BCUT2D eigenvalue weighted by Crippen LogP contribution is -2.17. The first-order valence-corrected chi connectivity index (χ1v) is 6.68. The molecule has 2 atom stereocenters. The molecule has 0 amide bonds. The molecule has 2 unspecified atom stereocenters. The normalized spacial score (nSPS) is 27.3. The van der Waals surface area contributed by atoms with Crippen molar-refractivity contribution in [3.8, 4) is 0 Å².